The van der Waals surface area contributed by atoms with Crippen molar-refractivity contribution < 1.29 is 9.53 Å². The minimum absolute atomic E-state index is 0.0110. The van der Waals surface area contributed by atoms with Crippen LogP contribution < -0.4 is 5.32 Å². The van der Waals surface area contributed by atoms with E-state index >= 15 is 0 Å². The van der Waals surface area contributed by atoms with Gasteiger partial charge >= 0.3 is 0 Å². The van der Waals surface area contributed by atoms with Crippen molar-refractivity contribution in [1.82, 2.24) is 5.32 Å². The summed E-state index contributed by atoms with van der Waals surface area (Å²) in [5.74, 6) is -0.0110. The van der Waals surface area contributed by atoms with Gasteiger partial charge in [0.05, 0.1) is 6.10 Å². The summed E-state index contributed by atoms with van der Waals surface area (Å²) >= 11 is 0. The molecule has 1 rings (SSSR count). The summed E-state index contributed by atoms with van der Waals surface area (Å²) in [5, 5.41) is 2.67. The second-order valence-corrected chi connectivity index (χ2v) is 1.93. The van der Waals surface area contributed by atoms with Gasteiger partial charge in [-0.05, 0) is 6.92 Å². The lowest BCUT2D eigenvalue weighted by molar-refractivity contribution is -0.132. The number of morpholine rings is 1. The molecule has 1 N–H and O–H groups in total. The minimum atomic E-state index is -0.0110. The molecule has 1 atom stereocenters. The molecule has 10 heavy (non-hydrogen) atoms. The van der Waals surface area contributed by atoms with Crippen molar-refractivity contribution in [2.45, 2.75) is 26.9 Å². The Kier molecular flexibility index (Phi) is 4.94. The topological polar surface area (TPSA) is 38.3 Å². The van der Waals surface area contributed by atoms with Crippen LogP contribution >= 0.6 is 0 Å². The van der Waals surface area contributed by atoms with E-state index in [0.29, 0.717) is 6.54 Å². The second kappa shape index (κ2) is 5.23. The molecular weight excluding hydrogens is 130 g/mol. The molecule has 1 aliphatic rings. The molecule has 0 aromatic heterocycles. The molecule has 1 heterocycles. The van der Waals surface area contributed by atoms with Gasteiger partial charge in [-0.1, -0.05) is 13.8 Å². The lowest BCUT2D eigenvalue weighted by atomic mass is 10.3. The Balaban J connectivity index is 0.000000371. The van der Waals surface area contributed by atoms with Gasteiger partial charge in [-0.15, -0.1) is 0 Å². The van der Waals surface area contributed by atoms with Crippen molar-refractivity contribution in [1.29, 1.82) is 0 Å². The van der Waals surface area contributed by atoms with Crippen molar-refractivity contribution >= 4 is 5.91 Å². The predicted octanol–water partition coefficient (Wildman–Crippen LogP) is 0.547. The SMILES string of the molecule is CC.C[C@@H]1CNC(=O)CO1. The normalized spacial score (nSPS) is 24.3. The van der Waals surface area contributed by atoms with E-state index in [0.717, 1.165) is 0 Å². The molecule has 0 aromatic carbocycles. The Bertz CT molecular complexity index is 93.8. The summed E-state index contributed by atoms with van der Waals surface area (Å²) in [6.07, 6.45) is 0.188. The van der Waals surface area contributed by atoms with E-state index in [1.807, 2.05) is 20.8 Å². The first-order chi connectivity index (χ1) is 4.79. The van der Waals surface area contributed by atoms with Gasteiger partial charge in [-0.25, -0.2) is 0 Å². The summed E-state index contributed by atoms with van der Waals surface area (Å²) in [7, 11) is 0. The monoisotopic (exact) mass is 145 g/mol. The predicted molar refractivity (Wildman–Crippen MR) is 39.8 cm³/mol. The molecule has 1 saturated heterocycles. The molecule has 0 bridgehead atoms. The molecule has 0 unspecified atom stereocenters. The van der Waals surface area contributed by atoms with Gasteiger partial charge in [0.25, 0.3) is 0 Å². The van der Waals surface area contributed by atoms with Crippen molar-refractivity contribution in [2.24, 2.45) is 0 Å². The van der Waals surface area contributed by atoms with Gasteiger partial charge in [0, 0.05) is 6.54 Å². The highest BCUT2D eigenvalue weighted by Gasteiger charge is 2.12. The zero-order valence-corrected chi connectivity index (χ0v) is 6.81. The fraction of sp³-hybridized carbons (Fsp3) is 0.857. The highest BCUT2D eigenvalue weighted by molar-refractivity contribution is 5.77. The minimum Gasteiger partial charge on any atom is -0.367 e. The van der Waals surface area contributed by atoms with Crippen LogP contribution in [0.25, 0.3) is 0 Å². The van der Waals surface area contributed by atoms with Crippen molar-refractivity contribution in [3.8, 4) is 0 Å². The van der Waals surface area contributed by atoms with Crippen LogP contribution in [0.2, 0.25) is 0 Å². The van der Waals surface area contributed by atoms with Crippen molar-refractivity contribution in [3.05, 3.63) is 0 Å². The van der Waals surface area contributed by atoms with Gasteiger partial charge in [0.2, 0.25) is 5.91 Å². The van der Waals surface area contributed by atoms with E-state index < -0.39 is 0 Å². The Morgan fingerprint density at radius 3 is 2.50 bits per heavy atom. The molecule has 1 aliphatic heterocycles. The molecule has 0 aromatic rings. The smallest absolute Gasteiger partial charge is 0.246 e. The van der Waals surface area contributed by atoms with Crippen LogP contribution in [-0.4, -0.2) is 25.2 Å². The van der Waals surface area contributed by atoms with Gasteiger partial charge < -0.3 is 10.1 Å². The van der Waals surface area contributed by atoms with Crippen molar-refractivity contribution in [2.75, 3.05) is 13.2 Å². The fourth-order valence-corrected chi connectivity index (χ4v) is 0.585. The zero-order chi connectivity index (χ0) is 7.98. The van der Waals surface area contributed by atoms with E-state index in [1.54, 1.807) is 0 Å². The number of hydrogen-bond donors (Lipinski definition) is 1. The summed E-state index contributed by atoms with van der Waals surface area (Å²) in [6.45, 7) is 6.80. The molecular formula is C7H15NO2. The van der Waals surface area contributed by atoms with Crippen LogP contribution in [0, 0.1) is 0 Å². The first-order valence-corrected chi connectivity index (χ1v) is 3.67. The van der Waals surface area contributed by atoms with Gasteiger partial charge in [-0.3, -0.25) is 4.79 Å². The number of carbonyl (C=O) groups is 1. The molecule has 0 radical (unpaired) electrons. The van der Waals surface area contributed by atoms with E-state index in [-0.39, 0.29) is 18.6 Å². The highest BCUT2D eigenvalue weighted by Crippen LogP contribution is 1.92. The summed E-state index contributed by atoms with van der Waals surface area (Å²) in [6, 6.07) is 0. The number of ether oxygens (including phenoxy) is 1. The molecule has 3 heteroatoms. The quantitative estimate of drug-likeness (QED) is 0.540. The molecule has 1 amide bonds. The van der Waals surface area contributed by atoms with Gasteiger partial charge in [-0.2, -0.15) is 0 Å². The van der Waals surface area contributed by atoms with E-state index in [9.17, 15) is 4.79 Å². The third kappa shape index (κ3) is 3.45. The van der Waals surface area contributed by atoms with Gasteiger partial charge in [0.1, 0.15) is 6.61 Å². The maximum Gasteiger partial charge on any atom is 0.246 e. The van der Waals surface area contributed by atoms with Gasteiger partial charge in [0.15, 0.2) is 0 Å². The van der Waals surface area contributed by atoms with E-state index in [1.165, 1.54) is 0 Å². The van der Waals surface area contributed by atoms with Crippen LogP contribution in [0.1, 0.15) is 20.8 Å². The number of carbonyl (C=O) groups excluding carboxylic acids is 1. The van der Waals surface area contributed by atoms with Crippen LogP contribution in [0.4, 0.5) is 0 Å². The highest BCUT2D eigenvalue weighted by atomic mass is 16.5. The Morgan fingerprint density at radius 2 is 2.20 bits per heavy atom. The fourth-order valence-electron chi connectivity index (χ4n) is 0.585. The Morgan fingerprint density at radius 1 is 1.60 bits per heavy atom. The number of amides is 1. The number of nitrogens with one attached hydrogen (secondary N) is 1. The Hall–Kier alpha value is -0.570. The van der Waals surface area contributed by atoms with Crippen molar-refractivity contribution in [3.63, 3.8) is 0 Å². The summed E-state index contributed by atoms with van der Waals surface area (Å²) < 4.78 is 4.98. The standard InChI is InChI=1S/C5H9NO2.C2H6/c1-4-2-6-5(7)3-8-4;1-2/h4H,2-3H2,1H3,(H,6,7);1-2H3/t4-;/m1./s1. The number of hydrogen-bond acceptors (Lipinski definition) is 2. The average Bonchev–Trinajstić information content (AvgIpc) is 2.00. The second-order valence-electron chi connectivity index (χ2n) is 1.93. The first kappa shape index (κ1) is 9.43. The van der Waals surface area contributed by atoms with Crippen LogP contribution in [0.15, 0.2) is 0 Å². The van der Waals surface area contributed by atoms with Crippen LogP contribution in [-0.2, 0) is 9.53 Å². The molecule has 0 spiro atoms. The molecule has 1 fully saturated rings. The van der Waals surface area contributed by atoms with Crippen LogP contribution in [0.5, 0.6) is 0 Å². The molecule has 3 nitrogen and oxygen atoms in total. The third-order valence-corrected chi connectivity index (χ3v) is 1.09. The number of rotatable bonds is 0. The van der Waals surface area contributed by atoms with E-state index in [2.05, 4.69) is 5.32 Å². The lowest BCUT2D eigenvalue weighted by Crippen LogP contribution is -2.41. The first-order valence-electron chi connectivity index (χ1n) is 3.67. The molecule has 0 saturated carbocycles. The largest absolute Gasteiger partial charge is 0.367 e. The maximum atomic E-state index is 10.4. The maximum absolute atomic E-state index is 10.4. The zero-order valence-electron chi connectivity index (χ0n) is 6.81. The van der Waals surface area contributed by atoms with E-state index in [4.69, 9.17) is 4.74 Å². The average molecular weight is 145 g/mol. The third-order valence-electron chi connectivity index (χ3n) is 1.09. The molecule has 0 aliphatic carbocycles. The molecule has 60 valence electrons. The summed E-state index contributed by atoms with van der Waals surface area (Å²) in [5.41, 5.74) is 0. The Labute approximate surface area is 61.8 Å². The lowest BCUT2D eigenvalue weighted by Gasteiger charge is -2.18. The summed E-state index contributed by atoms with van der Waals surface area (Å²) in [4.78, 5) is 10.4. The van der Waals surface area contributed by atoms with Crippen LogP contribution in [0.3, 0.4) is 0 Å².